The maximum Gasteiger partial charge on any atom is 0.0556 e. The van der Waals surface area contributed by atoms with Gasteiger partial charge in [-0.05, 0) is 39.3 Å². The molecule has 2 aliphatic heterocycles. The zero-order valence-electron chi connectivity index (χ0n) is 14.3. The summed E-state index contributed by atoms with van der Waals surface area (Å²) in [4.78, 5) is 9.92. The van der Waals surface area contributed by atoms with Crippen LogP contribution in [0.4, 0.5) is 5.69 Å². The Balaban J connectivity index is 1.74. The highest BCUT2D eigenvalue weighted by Gasteiger charge is 2.46. The highest BCUT2D eigenvalue weighted by atomic mass is 15.4. The van der Waals surface area contributed by atoms with Gasteiger partial charge in [-0.15, -0.1) is 0 Å². The quantitative estimate of drug-likeness (QED) is 0.789. The predicted octanol–water partition coefficient (Wildman–Crippen LogP) is 3.44. The number of rotatable bonds is 1. The van der Waals surface area contributed by atoms with Crippen molar-refractivity contribution in [2.75, 3.05) is 18.0 Å². The van der Waals surface area contributed by atoms with E-state index in [2.05, 4.69) is 69.7 Å². The molecule has 116 valence electrons. The van der Waals surface area contributed by atoms with Crippen LogP contribution in [0.5, 0.6) is 0 Å². The average molecular weight is 287 g/mol. The second-order valence-corrected chi connectivity index (χ2v) is 8.67. The fourth-order valence-corrected chi connectivity index (χ4v) is 3.80. The lowest BCUT2D eigenvalue weighted by molar-refractivity contribution is 0.113. The van der Waals surface area contributed by atoms with Crippen molar-refractivity contribution in [3.05, 3.63) is 24.0 Å². The summed E-state index contributed by atoms with van der Waals surface area (Å²) in [6, 6.07) is 5.83. The Morgan fingerprint density at radius 1 is 1.00 bits per heavy atom. The van der Waals surface area contributed by atoms with Gasteiger partial charge >= 0.3 is 0 Å². The van der Waals surface area contributed by atoms with E-state index in [0.717, 1.165) is 6.54 Å². The van der Waals surface area contributed by atoms with Crippen LogP contribution >= 0.6 is 0 Å². The number of hydrogen-bond acceptors (Lipinski definition) is 3. The average Bonchev–Trinajstić information content (AvgIpc) is 2.96. The van der Waals surface area contributed by atoms with Crippen LogP contribution in [0.15, 0.2) is 18.3 Å². The molecule has 1 aromatic rings. The van der Waals surface area contributed by atoms with Crippen molar-refractivity contribution < 1.29 is 0 Å². The van der Waals surface area contributed by atoms with Crippen molar-refractivity contribution >= 4 is 5.69 Å². The van der Waals surface area contributed by atoms with Gasteiger partial charge in [0.25, 0.3) is 0 Å². The smallest absolute Gasteiger partial charge is 0.0556 e. The molecule has 0 N–H and O–H groups in total. The van der Waals surface area contributed by atoms with Gasteiger partial charge in [0.2, 0.25) is 0 Å². The van der Waals surface area contributed by atoms with Crippen molar-refractivity contribution in [2.24, 2.45) is 0 Å². The highest BCUT2D eigenvalue weighted by molar-refractivity contribution is 5.49. The summed E-state index contributed by atoms with van der Waals surface area (Å²) in [5.74, 6) is 0. The Bertz CT molecular complexity index is 507. The molecule has 21 heavy (non-hydrogen) atoms. The zero-order chi connectivity index (χ0) is 15.4. The van der Waals surface area contributed by atoms with E-state index < -0.39 is 0 Å². The number of likely N-dealkylation sites (tertiary alicyclic amines) is 1. The number of aromatic nitrogens is 1. The molecule has 0 aromatic carbocycles. The summed E-state index contributed by atoms with van der Waals surface area (Å²) in [5.41, 5.74) is 2.89. The maximum atomic E-state index is 4.69. The van der Waals surface area contributed by atoms with Crippen molar-refractivity contribution in [2.45, 2.75) is 71.0 Å². The SMILES string of the molecule is CC(C)(C)c1ccc(N2CC3CC2CN3C(C)(C)C)cn1. The van der Waals surface area contributed by atoms with Gasteiger partial charge in [-0.25, -0.2) is 0 Å². The Hall–Kier alpha value is -1.09. The molecule has 3 nitrogen and oxygen atoms in total. The third-order valence-electron chi connectivity index (χ3n) is 4.95. The summed E-state index contributed by atoms with van der Waals surface area (Å²) in [6.45, 7) is 16.0. The summed E-state index contributed by atoms with van der Waals surface area (Å²) in [7, 11) is 0. The Morgan fingerprint density at radius 3 is 2.14 bits per heavy atom. The molecule has 0 radical (unpaired) electrons. The van der Waals surface area contributed by atoms with Gasteiger partial charge in [-0.2, -0.15) is 0 Å². The van der Waals surface area contributed by atoms with Crippen LogP contribution in [0.2, 0.25) is 0 Å². The van der Waals surface area contributed by atoms with Gasteiger partial charge in [0.15, 0.2) is 0 Å². The number of nitrogens with zero attached hydrogens (tertiary/aromatic N) is 3. The van der Waals surface area contributed by atoms with Gasteiger partial charge in [-0.1, -0.05) is 20.8 Å². The molecule has 2 fully saturated rings. The third kappa shape index (κ3) is 2.68. The van der Waals surface area contributed by atoms with Gasteiger partial charge < -0.3 is 4.90 Å². The van der Waals surface area contributed by atoms with E-state index >= 15 is 0 Å². The van der Waals surface area contributed by atoms with Crippen LogP contribution in [0.1, 0.15) is 53.7 Å². The molecule has 0 spiro atoms. The van der Waals surface area contributed by atoms with Crippen LogP contribution in [-0.2, 0) is 5.41 Å². The first-order valence-corrected chi connectivity index (χ1v) is 8.16. The maximum absolute atomic E-state index is 4.69. The Labute approximate surface area is 129 Å². The second-order valence-electron chi connectivity index (χ2n) is 8.67. The lowest BCUT2D eigenvalue weighted by Crippen LogP contribution is -2.53. The molecule has 0 aliphatic carbocycles. The third-order valence-corrected chi connectivity index (χ3v) is 4.95. The predicted molar refractivity (Wildman–Crippen MR) is 88.9 cm³/mol. The fraction of sp³-hybridized carbons (Fsp3) is 0.722. The van der Waals surface area contributed by atoms with Crippen LogP contribution in [0.25, 0.3) is 0 Å². The van der Waals surface area contributed by atoms with E-state index in [1.54, 1.807) is 0 Å². The molecule has 3 heterocycles. The first kappa shape index (κ1) is 14.8. The van der Waals surface area contributed by atoms with Crippen molar-refractivity contribution in [3.8, 4) is 0 Å². The lowest BCUT2D eigenvalue weighted by atomic mass is 9.92. The van der Waals surface area contributed by atoms with E-state index in [0.29, 0.717) is 17.6 Å². The molecule has 2 unspecified atom stereocenters. The standard InChI is InChI=1S/C18H29N3/c1-17(2,3)16-8-7-13(10-19-16)20-11-15-9-14(20)12-21(15)18(4,5)6/h7-8,10,14-15H,9,11-12H2,1-6H3. The van der Waals surface area contributed by atoms with Crippen LogP contribution in [-0.4, -0.2) is 40.6 Å². The second kappa shape index (κ2) is 4.70. The first-order valence-electron chi connectivity index (χ1n) is 8.16. The largest absolute Gasteiger partial charge is 0.364 e. The van der Waals surface area contributed by atoms with E-state index in [1.807, 2.05) is 0 Å². The highest BCUT2D eigenvalue weighted by Crippen LogP contribution is 2.38. The zero-order valence-corrected chi connectivity index (χ0v) is 14.3. The minimum atomic E-state index is 0.131. The molecule has 2 aliphatic rings. The first-order chi connectivity index (χ1) is 9.66. The number of fused-ring (bicyclic) bond motifs is 2. The monoisotopic (exact) mass is 287 g/mol. The molecular formula is C18H29N3. The minimum absolute atomic E-state index is 0.131. The van der Waals surface area contributed by atoms with E-state index in [4.69, 9.17) is 4.98 Å². The van der Waals surface area contributed by atoms with Crippen LogP contribution in [0.3, 0.4) is 0 Å². The molecule has 2 bridgehead atoms. The van der Waals surface area contributed by atoms with Gasteiger partial charge in [0, 0.05) is 41.8 Å². The number of hydrogen-bond donors (Lipinski definition) is 0. The van der Waals surface area contributed by atoms with Crippen LogP contribution < -0.4 is 4.90 Å². The van der Waals surface area contributed by atoms with E-state index in [-0.39, 0.29) is 5.41 Å². The Morgan fingerprint density at radius 2 is 1.71 bits per heavy atom. The molecule has 0 amide bonds. The van der Waals surface area contributed by atoms with Crippen molar-refractivity contribution in [1.82, 2.24) is 9.88 Å². The summed E-state index contributed by atoms with van der Waals surface area (Å²) in [5, 5.41) is 0. The van der Waals surface area contributed by atoms with E-state index in [1.165, 1.54) is 24.3 Å². The molecular weight excluding hydrogens is 258 g/mol. The molecule has 3 heteroatoms. The number of anilines is 1. The minimum Gasteiger partial charge on any atom is -0.364 e. The number of pyridine rings is 1. The van der Waals surface area contributed by atoms with E-state index in [9.17, 15) is 0 Å². The lowest BCUT2D eigenvalue weighted by Gasteiger charge is -2.42. The summed E-state index contributed by atoms with van der Waals surface area (Å²) in [6.07, 6.45) is 3.38. The molecule has 0 saturated carbocycles. The van der Waals surface area contributed by atoms with Gasteiger partial charge in [-0.3, -0.25) is 9.88 Å². The van der Waals surface area contributed by atoms with Crippen LogP contribution in [0, 0.1) is 0 Å². The van der Waals surface area contributed by atoms with Gasteiger partial charge in [0.1, 0.15) is 0 Å². The summed E-state index contributed by atoms with van der Waals surface area (Å²) >= 11 is 0. The molecule has 1 aromatic heterocycles. The van der Waals surface area contributed by atoms with Crippen molar-refractivity contribution in [1.29, 1.82) is 0 Å². The Kier molecular flexibility index (Phi) is 3.32. The van der Waals surface area contributed by atoms with Crippen molar-refractivity contribution in [3.63, 3.8) is 0 Å². The fourth-order valence-electron chi connectivity index (χ4n) is 3.80. The summed E-state index contributed by atoms with van der Waals surface area (Å²) < 4.78 is 0. The topological polar surface area (TPSA) is 19.4 Å². The number of piperazine rings is 1. The molecule has 2 atom stereocenters. The van der Waals surface area contributed by atoms with Gasteiger partial charge in [0.05, 0.1) is 11.9 Å². The molecule has 2 saturated heterocycles. The molecule has 3 rings (SSSR count). The normalized spacial score (nSPS) is 26.7.